The van der Waals surface area contributed by atoms with Crippen molar-refractivity contribution in [2.75, 3.05) is 0 Å². The highest BCUT2D eigenvalue weighted by molar-refractivity contribution is 5.38. The predicted molar refractivity (Wildman–Crippen MR) is 79.2 cm³/mol. The quantitative estimate of drug-likeness (QED) is 0.872. The maximum atomic E-state index is 13.7. The molecule has 0 saturated carbocycles. The molecule has 2 nitrogen and oxygen atoms in total. The second-order valence-corrected chi connectivity index (χ2v) is 5.19. The van der Waals surface area contributed by atoms with Crippen LogP contribution < -0.4 is 5.32 Å². The van der Waals surface area contributed by atoms with Gasteiger partial charge in [0.25, 0.3) is 0 Å². The maximum absolute atomic E-state index is 13.7. The number of benzene rings is 2. The molecule has 2 aromatic carbocycles. The number of aryl methyl sites for hydroxylation is 1. The molecule has 0 aromatic heterocycles. The van der Waals surface area contributed by atoms with E-state index in [1.54, 1.807) is 18.2 Å². The van der Waals surface area contributed by atoms with E-state index in [1.165, 1.54) is 6.07 Å². The van der Waals surface area contributed by atoms with Gasteiger partial charge in [0.15, 0.2) is 0 Å². The summed E-state index contributed by atoms with van der Waals surface area (Å²) >= 11 is 0. The molecule has 2 rings (SSSR count). The molecule has 20 heavy (non-hydrogen) atoms. The Labute approximate surface area is 119 Å². The maximum Gasteiger partial charge on any atom is 0.127 e. The molecule has 0 amide bonds. The summed E-state index contributed by atoms with van der Waals surface area (Å²) in [7, 11) is 0. The number of phenolic OH excluding ortho intramolecular Hbond substituents is 1. The molecule has 0 radical (unpaired) electrons. The third-order valence-electron chi connectivity index (χ3n) is 3.52. The van der Waals surface area contributed by atoms with Crippen LogP contribution in [0.2, 0.25) is 0 Å². The van der Waals surface area contributed by atoms with Crippen molar-refractivity contribution in [3.05, 3.63) is 65.0 Å². The largest absolute Gasteiger partial charge is 0.508 e. The van der Waals surface area contributed by atoms with E-state index < -0.39 is 0 Å². The van der Waals surface area contributed by atoms with Crippen molar-refractivity contribution in [2.45, 2.75) is 32.9 Å². The van der Waals surface area contributed by atoms with Gasteiger partial charge < -0.3 is 10.4 Å². The molecule has 0 saturated heterocycles. The van der Waals surface area contributed by atoms with Crippen molar-refractivity contribution in [1.82, 2.24) is 5.32 Å². The minimum Gasteiger partial charge on any atom is -0.508 e. The summed E-state index contributed by atoms with van der Waals surface area (Å²) in [5, 5.41) is 13.3. The highest BCUT2D eigenvalue weighted by Crippen LogP contribution is 2.27. The minimum atomic E-state index is -0.215. The molecule has 3 heteroatoms. The number of rotatable bonds is 4. The Hall–Kier alpha value is -1.87. The molecule has 0 bridgehead atoms. The van der Waals surface area contributed by atoms with E-state index in [0.29, 0.717) is 5.56 Å². The third kappa shape index (κ3) is 3.17. The predicted octanol–water partition coefficient (Wildman–Crippen LogP) is 4.25. The lowest BCUT2D eigenvalue weighted by atomic mass is 10.0. The summed E-state index contributed by atoms with van der Waals surface area (Å²) in [6.07, 6.45) is 0. The fourth-order valence-corrected chi connectivity index (χ4v) is 2.40. The zero-order valence-corrected chi connectivity index (χ0v) is 12.0. The summed E-state index contributed by atoms with van der Waals surface area (Å²) < 4.78 is 13.7. The van der Waals surface area contributed by atoms with E-state index in [2.05, 4.69) is 5.32 Å². The number of halogens is 1. The summed E-state index contributed by atoms with van der Waals surface area (Å²) in [5.74, 6) is 0.0458. The van der Waals surface area contributed by atoms with E-state index in [9.17, 15) is 9.50 Å². The van der Waals surface area contributed by atoms with Crippen LogP contribution in [0.3, 0.4) is 0 Å². The molecule has 0 aliphatic heterocycles. The normalized spacial score (nSPS) is 14.0. The SMILES string of the molecule is Cc1ccc(O)c(C(C)N[C@H](C)c2ccccc2F)c1. The van der Waals surface area contributed by atoms with Crippen LogP contribution in [0.5, 0.6) is 5.75 Å². The van der Waals surface area contributed by atoms with Crippen molar-refractivity contribution in [1.29, 1.82) is 0 Å². The smallest absolute Gasteiger partial charge is 0.127 e. The molecule has 106 valence electrons. The van der Waals surface area contributed by atoms with Gasteiger partial charge in [-0.25, -0.2) is 4.39 Å². The van der Waals surface area contributed by atoms with Gasteiger partial charge in [-0.3, -0.25) is 0 Å². The number of hydrogen-bond donors (Lipinski definition) is 2. The Balaban J connectivity index is 2.17. The second kappa shape index (κ2) is 6.06. The number of aromatic hydroxyl groups is 1. The van der Waals surface area contributed by atoms with E-state index in [0.717, 1.165) is 11.1 Å². The Morgan fingerprint density at radius 3 is 2.35 bits per heavy atom. The number of nitrogens with one attached hydrogen (secondary N) is 1. The van der Waals surface area contributed by atoms with Gasteiger partial charge in [-0.2, -0.15) is 0 Å². The monoisotopic (exact) mass is 273 g/mol. The van der Waals surface area contributed by atoms with Gasteiger partial charge in [-0.15, -0.1) is 0 Å². The van der Waals surface area contributed by atoms with Crippen LogP contribution in [0.15, 0.2) is 42.5 Å². The van der Waals surface area contributed by atoms with Gasteiger partial charge in [0, 0.05) is 23.2 Å². The molecular formula is C17H20FNO. The molecular weight excluding hydrogens is 253 g/mol. The summed E-state index contributed by atoms with van der Waals surface area (Å²) in [5.41, 5.74) is 2.55. The van der Waals surface area contributed by atoms with E-state index in [4.69, 9.17) is 0 Å². The van der Waals surface area contributed by atoms with Crippen molar-refractivity contribution < 1.29 is 9.50 Å². The average molecular weight is 273 g/mol. The first-order valence-electron chi connectivity index (χ1n) is 6.79. The lowest BCUT2D eigenvalue weighted by Gasteiger charge is -2.22. The zero-order valence-electron chi connectivity index (χ0n) is 12.0. The summed E-state index contributed by atoms with van der Waals surface area (Å²) in [4.78, 5) is 0. The first kappa shape index (κ1) is 14.5. The first-order valence-corrected chi connectivity index (χ1v) is 6.79. The van der Waals surface area contributed by atoms with Gasteiger partial charge in [-0.05, 0) is 32.9 Å². The van der Waals surface area contributed by atoms with Crippen LogP contribution in [-0.2, 0) is 0 Å². The second-order valence-electron chi connectivity index (χ2n) is 5.19. The summed E-state index contributed by atoms with van der Waals surface area (Å²) in [6.45, 7) is 5.86. The van der Waals surface area contributed by atoms with Crippen LogP contribution in [0.4, 0.5) is 4.39 Å². The highest BCUT2D eigenvalue weighted by Gasteiger charge is 2.16. The van der Waals surface area contributed by atoms with Crippen molar-refractivity contribution in [3.63, 3.8) is 0 Å². The molecule has 1 unspecified atom stereocenters. The molecule has 0 spiro atoms. The molecule has 0 heterocycles. The number of hydrogen-bond acceptors (Lipinski definition) is 2. The number of phenols is 1. The Morgan fingerprint density at radius 2 is 1.65 bits per heavy atom. The van der Waals surface area contributed by atoms with Crippen molar-refractivity contribution in [2.24, 2.45) is 0 Å². The van der Waals surface area contributed by atoms with Gasteiger partial charge in [0.1, 0.15) is 11.6 Å². The van der Waals surface area contributed by atoms with E-state index in [1.807, 2.05) is 39.0 Å². The molecule has 2 atom stereocenters. The first-order chi connectivity index (χ1) is 9.49. The molecule has 2 N–H and O–H groups in total. The molecule has 0 fully saturated rings. The molecule has 0 aliphatic carbocycles. The van der Waals surface area contributed by atoms with E-state index >= 15 is 0 Å². The van der Waals surface area contributed by atoms with Gasteiger partial charge in [0.05, 0.1) is 0 Å². The van der Waals surface area contributed by atoms with E-state index in [-0.39, 0.29) is 23.7 Å². The molecule has 2 aromatic rings. The van der Waals surface area contributed by atoms with Crippen LogP contribution >= 0.6 is 0 Å². The fourth-order valence-electron chi connectivity index (χ4n) is 2.40. The average Bonchev–Trinajstić information content (AvgIpc) is 2.41. The Kier molecular flexibility index (Phi) is 4.40. The lowest BCUT2D eigenvalue weighted by Crippen LogP contribution is -2.23. The zero-order chi connectivity index (χ0) is 14.7. The third-order valence-corrected chi connectivity index (χ3v) is 3.52. The fraction of sp³-hybridized carbons (Fsp3) is 0.294. The van der Waals surface area contributed by atoms with Gasteiger partial charge >= 0.3 is 0 Å². The molecule has 0 aliphatic rings. The van der Waals surface area contributed by atoms with Crippen molar-refractivity contribution >= 4 is 0 Å². The topological polar surface area (TPSA) is 32.3 Å². The van der Waals surface area contributed by atoms with Gasteiger partial charge in [-0.1, -0.05) is 35.9 Å². The summed E-state index contributed by atoms with van der Waals surface area (Å²) in [6, 6.07) is 12.0. The van der Waals surface area contributed by atoms with Crippen LogP contribution in [0.25, 0.3) is 0 Å². The highest BCUT2D eigenvalue weighted by atomic mass is 19.1. The lowest BCUT2D eigenvalue weighted by molar-refractivity contribution is 0.433. The standard InChI is InChI=1S/C17H20FNO/c1-11-8-9-17(20)15(10-11)13(3)19-12(2)14-6-4-5-7-16(14)18/h4-10,12-13,19-20H,1-3H3/t12-,13?/m1/s1. The van der Waals surface area contributed by atoms with Crippen LogP contribution in [-0.4, -0.2) is 5.11 Å². The Bertz CT molecular complexity index is 597. The minimum absolute atomic E-state index is 0.0653. The van der Waals surface area contributed by atoms with Crippen LogP contribution in [0.1, 0.15) is 42.6 Å². The van der Waals surface area contributed by atoms with Crippen molar-refractivity contribution in [3.8, 4) is 5.75 Å². The van der Waals surface area contributed by atoms with Gasteiger partial charge in [0.2, 0.25) is 0 Å². The Morgan fingerprint density at radius 1 is 1.00 bits per heavy atom. The van der Waals surface area contributed by atoms with Crippen LogP contribution in [0, 0.1) is 12.7 Å².